The zero-order valence-electron chi connectivity index (χ0n) is 29.4. The van der Waals surface area contributed by atoms with Gasteiger partial charge in [0.15, 0.2) is 17.5 Å². The molecule has 52 heavy (non-hydrogen) atoms. The van der Waals surface area contributed by atoms with Crippen molar-refractivity contribution in [3.05, 3.63) is 132 Å². The number of rotatable bonds is 5. The van der Waals surface area contributed by atoms with E-state index in [9.17, 15) is 10.5 Å². The summed E-state index contributed by atoms with van der Waals surface area (Å²) in [6.07, 6.45) is 6.54. The largest absolute Gasteiger partial charge is 0.309 e. The highest BCUT2D eigenvalue weighted by molar-refractivity contribution is 6.10. The number of nitrogens with zero attached hydrogens (tertiary/aromatic N) is 6. The highest BCUT2D eigenvalue weighted by Gasteiger charge is 2.45. The minimum atomic E-state index is 0.228. The van der Waals surface area contributed by atoms with Gasteiger partial charge in [0, 0.05) is 33.2 Å². The number of hydrogen-bond acceptors (Lipinski definition) is 5. The van der Waals surface area contributed by atoms with Gasteiger partial charge in [0.1, 0.15) is 0 Å². The molecule has 6 heteroatoms. The molecule has 2 aliphatic rings. The van der Waals surface area contributed by atoms with Gasteiger partial charge in [0.2, 0.25) is 0 Å². The van der Waals surface area contributed by atoms with Crippen LogP contribution in [0.2, 0.25) is 0 Å². The molecule has 9 rings (SSSR count). The molecule has 2 saturated carbocycles. The molecule has 0 amide bonds. The van der Waals surface area contributed by atoms with Crippen LogP contribution in [0, 0.1) is 40.4 Å². The van der Waals surface area contributed by atoms with Crippen LogP contribution >= 0.6 is 0 Å². The van der Waals surface area contributed by atoms with Crippen LogP contribution in [-0.4, -0.2) is 19.5 Å². The summed E-state index contributed by atoms with van der Waals surface area (Å²) in [4.78, 5) is 14.9. The summed E-state index contributed by atoms with van der Waals surface area (Å²) in [6, 6.07) is 43.5. The van der Waals surface area contributed by atoms with Crippen LogP contribution in [0.4, 0.5) is 0 Å². The summed E-state index contributed by atoms with van der Waals surface area (Å²) in [6.45, 7) is 4.91. The molecule has 2 aliphatic carbocycles. The van der Waals surface area contributed by atoms with Crippen LogP contribution in [0.5, 0.6) is 0 Å². The lowest BCUT2D eigenvalue weighted by Gasteiger charge is -2.50. The van der Waals surface area contributed by atoms with Crippen LogP contribution < -0.4 is 0 Å². The summed E-state index contributed by atoms with van der Waals surface area (Å²) in [7, 11) is 0. The number of aromatic nitrogens is 4. The molecule has 252 valence electrons. The fourth-order valence-electron chi connectivity index (χ4n) is 9.55. The van der Waals surface area contributed by atoms with Gasteiger partial charge in [-0.25, -0.2) is 15.0 Å². The number of fused-ring (bicyclic) bond motifs is 5. The Labute approximate surface area is 304 Å². The first-order valence-corrected chi connectivity index (χ1v) is 18.3. The SMILES string of the molecule is C[C@@H]1C[C@@H]2C[C@H](C)CC(c3ccc4c5ccc(-c6nc(-c7ccc(C#N)cc7)nc(-c7ccc(C#N)cc7)n6)cc5n(-c5ccccc5)c4c3)(C1)C2. The summed E-state index contributed by atoms with van der Waals surface area (Å²) >= 11 is 0. The van der Waals surface area contributed by atoms with E-state index >= 15 is 0 Å². The fraction of sp³-hybridized carbons (Fsp3) is 0.239. The Morgan fingerprint density at radius 3 is 1.63 bits per heavy atom. The normalized spacial score (nSPS) is 21.1. The summed E-state index contributed by atoms with van der Waals surface area (Å²) < 4.78 is 2.41. The van der Waals surface area contributed by atoms with Gasteiger partial charge < -0.3 is 4.57 Å². The molecule has 2 aromatic heterocycles. The van der Waals surface area contributed by atoms with Crippen molar-refractivity contribution < 1.29 is 0 Å². The Morgan fingerprint density at radius 1 is 0.577 bits per heavy atom. The predicted octanol–water partition coefficient (Wildman–Crippen LogP) is 10.8. The van der Waals surface area contributed by atoms with Crippen molar-refractivity contribution in [2.24, 2.45) is 17.8 Å². The lowest BCUT2D eigenvalue weighted by atomic mass is 9.54. The quantitative estimate of drug-likeness (QED) is 0.181. The first-order valence-electron chi connectivity index (χ1n) is 18.3. The monoisotopic (exact) mass is 674 g/mol. The first-order chi connectivity index (χ1) is 25.4. The Balaban J connectivity index is 1.24. The van der Waals surface area contributed by atoms with Crippen LogP contribution in [0.3, 0.4) is 0 Å². The molecule has 0 N–H and O–H groups in total. The second kappa shape index (κ2) is 12.6. The molecule has 5 aromatic carbocycles. The number of nitriles is 2. The molecular formula is C46H38N6. The smallest absolute Gasteiger partial charge is 0.164 e. The van der Waals surface area contributed by atoms with Crippen LogP contribution in [-0.2, 0) is 5.41 Å². The highest BCUT2D eigenvalue weighted by Crippen LogP contribution is 2.54. The average molecular weight is 675 g/mol. The van der Waals surface area contributed by atoms with Gasteiger partial charge in [-0.1, -0.05) is 56.3 Å². The standard InChI is InChI=1S/C46H38N6/c1-29-20-33-21-30(2)25-46(24-29,26-33)37-17-19-40-39-18-16-36(22-41(39)52(42(40)23-37)38-6-4-3-5-7-38)45-50-43(34-12-8-31(27-47)9-13-34)49-44(51-45)35-14-10-32(28-48)11-15-35/h3-19,22-23,29-30,33H,20-21,24-26H2,1-2H3/t29-,30+,33-,46?. The van der Waals surface area contributed by atoms with E-state index in [0.29, 0.717) is 28.6 Å². The minimum absolute atomic E-state index is 0.228. The molecule has 0 radical (unpaired) electrons. The first kappa shape index (κ1) is 31.8. The van der Waals surface area contributed by atoms with E-state index < -0.39 is 0 Å². The van der Waals surface area contributed by atoms with Gasteiger partial charge in [-0.15, -0.1) is 0 Å². The zero-order chi connectivity index (χ0) is 35.4. The Hall–Kier alpha value is -6.11. The van der Waals surface area contributed by atoms with E-state index in [-0.39, 0.29) is 5.41 Å². The molecule has 2 heterocycles. The zero-order valence-corrected chi connectivity index (χ0v) is 29.4. The Bertz CT molecular complexity index is 2460. The molecule has 0 spiro atoms. The second-order valence-electron chi connectivity index (χ2n) is 15.3. The number of benzene rings is 5. The topological polar surface area (TPSA) is 91.2 Å². The summed E-state index contributed by atoms with van der Waals surface area (Å²) in [5.74, 6) is 3.89. The maximum atomic E-state index is 9.40. The third-order valence-electron chi connectivity index (χ3n) is 11.5. The van der Waals surface area contributed by atoms with Crippen molar-refractivity contribution in [1.82, 2.24) is 19.5 Å². The van der Waals surface area contributed by atoms with Gasteiger partial charge in [-0.2, -0.15) is 10.5 Å². The van der Waals surface area contributed by atoms with Gasteiger partial charge in [0.25, 0.3) is 0 Å². The van der Waals surface area contributed by atoms with Gasteiger partial charge >= 0.3 is 0 Å². The Kier molecular flexibility index (Phi) is 7.71. The van der Waals surface area contributed by atoms with E-state index in [1.165, 1.54) is 54.0 Å². The molecular weight excluding hydrogens is 637 g/mol. The van der Waals surface area contributed by atoms with E-state index in [0.717, 1.165) is 45.6 Å². The van der Waals surface area contributed by atoms with E-state index in [1.807, 2.05) is 24.3 Å². The molecule has 2 bridgehead atoms. The predicted molar refractivity (Wildman–Crippen MR) is 206 cm³/mol. The fourth-order valence-corrected chi connectivity index (χ4v) is 9.55. The van der Waals surface area contributed by atoms with Crippen molar-refractivity contribution in [1.29, 1.82) is 10.5 Å². The average Bonchev–Trinajstić information content (AvgIpc) is 3.50. The maximum Gasteiger partial charge on any atom is 0.164 e. The molecule has 7 aromatic rings. The van der Waals surface area contributed by atoms with Gasteiger partial charge in [-0.3, -0.25) is 0 Å². The molecule has 0 aliphatic heterocycles. The molecule has 6 nitrogen and oxygen atoms in total. The van der Waals surface area contributed by atoms with Crippen molar-refractivity contribution in [2.45, 2.75) is 51.4 Å². The van der Waals surface area contributed by atoms with Crippen molar-refractivity contribution in [2.75, 3.05) is 0 Å². The lowest BCUT2D eigenvalue weighted by Crippen LogP contribution is -2.42. The summed E-state index contributed by atoms with van der Waals surface area (Å²) in [5.41, 5.74) is 8.76. The number of para-hydroxylation sites is 1. The minimum Gasteiger partial charge on any atom is -0.309 e. The van der Waals surface area contributed by atoms with Crippen LogP contribution in [0.1, 0.15) is 62.6 Å². The second-order valence-corrected chi connectivity index (χ2v) is 15.3. The van der Waals surface area contributed by atoms with Crippen LogP contribution in [0.25, 0.3) is 61.7 Å². The third-order valence-corrected chi connectivity index (χ3v) is 11.5. The highest BCUT2D eigenvalue weighted by atomic mass is 15.0. The van der Waals surface area contributed by atoms with Crippen LogP contribution in [0.15, 0.2) is 115 Å². The van der Waals surface area contributed by atoms with E-state index in [2.05, 4.69) is 97.3 Å². The molecule has 0 saturated heterocycles. The van der Waals surface area contributed by atoms with Crippen molar-refractivity contribution >= 4 is 21.8 Å². The summed E-state index contributed by atoms with van der Waals surface area (Å²) in [5, 5.41) is 21.2. The third kappa shape index (κ3) is 5.52. The van der Waals surface area contributed by atoms with Crippen molar-refractivity contribution in [3.63, 3.8) is 0 Å². The lowest BCUT2D eigenvalue weighted by molar-refractivity contribution is 0.0781. The van der Waals surface area contributed by atoms with Gasteiger partial charge in [-0.05, 0) is 134 Å². The Morgan fingerprint density at radius 2 is 1.08 bits per heavy atom. The van der Waals surface area contributed by atoms with Crippen molar-refractivity contribution in [3.8, 4) is 52.0 Å². The van der Waals surface area contributed by atoms with E-state index in [4.69, 9.17) is 15.0 Å². The maximum absolute atomic E-state index is 9.40. The molecule has 1 unspecified atom stereocenters. The molecule has 2 fully saturated rings. The molecule has 4 atom stereocenters. The van der Waals surface area contributed by atoms with E-state index in [1.54, 1.807) is 24.3 Å². The number of hydrogen-bond donors (Lipinski definition) is 0. The van der Waals surface area contributed by atoms with Gasteiger partial charge in [0.05, 0.1) is 34.3 Å².